The minimum absolute atomic E-state index is 0.0655. The predicted molar refractivity (Wildman–Crippen MR) is 71.8 cm³/mol. The van der Waals surface area contributed by atoms with Gasteiger partial charge < -0.3 is 10.3 Å². The first-order chi connectivity index (χ1) is 8.00. The van der Waals surface area contributed by atoms with E-state index in [1.807, 2.05) is 36.6 Å². The molecule has 0 saturated carbocycles. The molecule has 3 N–H and O–H groups in total. The number of hydrogen-bond donors (Lipinski definition) is 2. The molecule has 0 aliphatic heterocycles. The first-order valence-corrected chi connectivity index (χ1v) is 5.95. The van der Waals surface area contributed by atoms with Crippen LogP contribution in [0.15, 0.2) is 29.0 Å². The monoisotopic (exact) mass is 292 g/mol. The Labute approximate surface area is 108 Å². The van der Waals surface area contributed by atoms with Crippen molar-refractivity contribution in [2.24, 2.45) is 5.73 Å². The van der Waals surface area contributed by atoms with Gasteiger partial charge in [0.2, 0.25) is 0 Å². The fraction of sp³-hybridized carbons (Fsp3) is 0.167. The molecule has 0 fully saturated rings. The highest BCUT2D eigenvalue weighted by molar-refractivity contribution is 9.10. The van der Waals surface area contributed by atoms with Gasteiger partial charge >= 0.3 is 0 Å². The number of rotatable bonds is 2. The van der Waals surface area contributed by atoms with Crippen molar-refractivity contribution in [3.05, 3.63) is 46.0 Å². The van der Waals surface area contributed by atoms with Gasteiger partial charge in [0, 0.05) is 15.7 Å². The summed E-state index contributed by atoms with van der Waals surface area (Å²) in [5.41, 5.74) is 9.25. The highest BCUT2D eigenvalue weighted by Gasteiger charge is 2.09. The van der Waals surface area contributed by atoms with Crippen LogP contribution in [-0.2, 0) is 0 Å². The summed E-state index contributed by atoms with van der Waals surface area (Å²) in [5, 5.41) is 7.39. The Hall–Kier alpha value is -1.62. The Bertz CT molecular complexity index is 586. The van der Waals surface area contributed by atoms with E-state index < -0.39 is 0 Å². The molecule has 0 atom stereocenters. The SMILES string of the molecule is Cc1ncn(-c2ccc(C(=N)N)cc2Br)c1C. The molecule has 5 heteroatoms. The first-order valence-electron chi connectivity index (χ1n) is 5.15. The van der Waals surface area contributed by atoms with E-state index in [-0.39, 0.29) is 5.84 Å². The minimum atomic E-state index is 0.0655. The topological polar surface area (TPSA) is 67.7 Å². The first kappa shape index (κ1) is 11.9. The number of imidazole rings is 1. The highest BCUT2D eigenvalue weighted by atomic mass is 79.9. The molecule has 0 spiro atoms. The van der Waals surface area contributed by atoms with Crippen molar-refractivity contribution in [1.82, 2.24) is 9.55 Å². The maximum atomic E-state index is 7.39. The maximum absolute atomic E-state index is 7.39. The number of nitrogens with zero attached hydrogens (tertiary/aromatic N) is 2. The second kappa shape index (κ2) is 4.33. The second-order valence-corrected chi connectivity index (χ2v) is 4.72. The van der Waals surface area contributed by atoms with Gasteiger partial charge in [-0.1, -0.05) is 0 Å². The van der Waals surface area contributed by atoms with Crippen LogP contribution in [0, 0.1) is 19.3 Å². The average molecular weight is 293 g/mol. The van der Waals surface area contributed by atoms with E-state index >= 15 is 0 Å². The van der Waals surface area contributed by atoms with Crippen LogP contribution in [0.1, 0.15) is 17.0 Å². The van der Waals surface area contributed by atoms with Gasteiger partial charge in [-0.3, -0.25) is 5.41 Å². The minimum Gasteiger partial charge on any atom is -0.384 e. The fourth-order valence-electron chi connectivity index (χ4n) is 1.61. The number of aromatic nitrogens is 2. The van der Waals surface area contributed by atoms with Gasteiger partial charge in [0.25, 0.3) is 0 Å². The fourth-order valence-corrected chi connectivity index (χ4v) is 2.18. The summed E-state index contributed by atoms with van der Waals surface area (Å²) < 4.78 is 2.90. The van der Waals surface area contributed by atoms with E-state index in [4.69, 9.17) is 11.1 Å². The third kappa shape index (κ3) is 2.10. The quantitative estimate of drug-likeness (QED) is 0.660. The van der Waals surface area contributed by atoms with Gasteiger partial charge in [0.15, 0.2) is 0 Å². The largest absolute Gasteiger partial charge is 0.384 e. The molecule has 17 heavy (non-hydrogen) atoms. The average Bonchev–Trinajstić information content (AvgIpc) is 2.60. The summed E-state index contributed by atoms with van der Waals surface area (Å²) in [6.07, 6.45) is 1.79. The number of nitrogens with one attached hydrogen (secondary N) is 1. The van der Waals surface area contributed by atoms with Crippen LogP contribution in [0.2, 0.25) is 0 Å². The van der Waals surface area contributed by atoms with Crippen LogP contribution in [0.5, 0.6) is 0 Å². The van der Waals surface area contributed by atoms with Crippen molar-refractivity contribution < 1.29 is 0 Å². The van der Waals surface area contributed by atoms with Crippen LogP contribution >= 0.6 is 15.9 Å². The van der Waals surface area contributed by atoms with Gasteiger partial charge in [-0.2, -0.15) is 0 Å². The Morgan fingerprint density at radius 2 is 2.12 bits per heavy atom. The number of benzene rings is 1. The lowest BCUT2D eigenvalue weighted by Gasteiger charge is -2.09. The van der Waals surface area contributed by atoms with Gasteiger partial charge in [-0.15, -0.1) is 0 Å². The van der Waals surface area contributed by atoms with Gasteiger partial charge in [0.05, 0.1) is 17.7 Å². The predicted octanol–water partition coefficient (Wildman–Crippen LogP) is 2.54. The molecule has 4 nitrogen and oxygen atoms in total. The molecule has 0 radical (unpaired) electrons. The summed E-state index contributed by atoms with van der Waals surface area (Å²) >= 11 is 3.49. The van der Waals surface area contributed by atoms with Crippen molar-refractivity contribution in [1.29, 1.82) is 5.41 Å². The summed E-state index contributed by atoms with van der Waals surface area (Å²) in [7, 11) is 0. The molecule has 0 amide bonds. The molecule has 0 aliphatic carbocycles. The van der Waals surface area contributed by atoms with Crippen LogP contribution in [0.4, 0.5) is 0 Å². The van der Waals surface area contributed by atoms with Crippen molar-refractivity contribution in [3.63, 3.8) is 0 Å². The zero-order valence-corrected chi connectivity index (χ0v) is 11.2. The number of nitrogens with two attached hydrogens (primary N) is 1. The maximum Gasteiger partial charge on any atom is 0.122 e. The molecule has 1 aromatic heterocycles. The standard InChI is InChI=1S/C12H13BrN4/c1-7-8(2)17(6-16-7)11-4-3-9(12(14)15)5-10(11)13/h3-6H,1-2H3,(H3,14,15). The van der Waals surface area contributed by atoms with E-state index in [1.54, 1.807) is 6.33 Å². The van der Waals surface area contributed by atoms with Crippen LogP contribution < -0.4 is 5.73 Å². The normalized spacial score (nSPS) is 10.5. The summed E-state index contributed by atoms with van der Waals surface area (Å²) in [6.45, 7) is 4.00. The molecule has 0 saturated heterocycles. The highest BCUT2D eigenvalue weighted by Crippen LogP contribution is 2.24. The van der Waals surface area contributed by atoms with E-state index in [0.29, 0.717) is 5.56 Å². The van der Waals surface area contributed by atoms with Gasteiger partial charge in [-0.05, 0) is 48.0 Å². The molecule has 0 unspecified atom stereocenters. The molecule has 2 rings (SSSR count). The molecule has 2 aromatic rings. The number of nitrogen functional groups attached to an aromatic ring is 1. The van der Waals surface area contributed by atoms with E-state index in [0.717, 1.165) is 21.5 Å². The van der Waals surface area contributed by atoms with Gasteiger partial charge in [-0.25, -0.2) is 4.98 Å². The zero-order chi connectivity index (χ0) is 12.6. The molecular weight excluding hydrogens is 280 g/mol. The molecular formula is C12H13BrN4. The van der Waals surface area contributed by atoms with Crippen LogP contribution in [0.25, 0.3) is 5.69 Å². The summed E-state index contributed by atoms with van der Waals surface area (Å²) in [6, 6.07) is 5.60. The summed E-state index contributed by atoms with van der Waals surface area (Å²) in [5.74, 6) is 0.0655. The number of hydrogen-bond acceptors (Lipinski definition) is 2. The van der Waals surface area contributed by atoms with Crippen molar-refractivity contribution in [3.8, 4) is 5.69 Å². The number of halogens is 1. The lowest BCUT2D eigenvalue weighted by Crippen LogP contribution is -2.11. The Morgan fingerprint density at radius 1 is 1.41 bits per heavy atom. The molecule has 88 valence electrons. The Balaban J connectivity index is 2.54. The Kier molecular flexibility index (Phi) is 3.02. The number of aryl methyl sites for hydroxylation is 1. The van der Waals surface area contributed by atoms with Crippen LogP contribution in [0.3, 0.4) is 0 Å². The molecule has 1 aromatic carbocycles. The van der Waals surface area contributed by atoms with Crippen molar-refractivity contribution in [2.45, 2.75) is 13.8 Å². The second-order valence-electron chi connectivity index (χ2n) is 3.87. The lowest BCUT2D eigenvalue weighted by molar-refractivity contribution is 0.994. The van der Waals surface area contributed by atoms with Crippen LogP contribution in [-0.4, -0.2) is 15.4 Å². The van der Waals surface area contributed by atoms with Gasteiger partial charge in [0.1, 0.15) is 5.84 Å². The third-order valence-electron chi connectivity index (χ3n) is 2.77. The number of amidine groups is 1. The lowest BCUT2D eigenvalue weighted by atomic mass is 10.2. The Morgan fingerprint density at radius 3 is 2.59 bits per heavy atom. The van der Waals surface area contributed by atoms with Crippen molar-refractivity contribution in [2.75, 3.05) is 0 Å². The molecule has 1 heterocycles. The third-order valence-corrected chi connectivity index (χ3v) is 3.41. The van der Waals surface area contributed by atoms with E-state index in [9.17, 15) is 0 Å². The zero-order valence-electron chi connectivity index (χ0n) is 9.66. The smallest absolute Gasteiger partial charge is 0.122 e. The molecule has 0 bridgehead atoms. The summed E-state index contributed by atoms with van der Waals surface area (Å²) in [4.78, 5) is 4.27. The van der Waals surface area contributed by atoms with E-state index in [1.165, 1.54) is 0 Å². The molecule has 0 aliphatic rings. The van der Waals surface area contributed by atoms with E-state index in [2.05, 4.69) is 20.9 Å². The van der Waals surface area contributed by atoms with Crippen molar-refractivity contribution >= 4 is 21.8 Å².